The van der Waals surface area contributed by atoms with E-state index in [1.54, 1.807) is 12.4 Å². The summed E-state index contributed by atoms with van der Waals surface area (Å²) in [5, 5.41) is 0. The molecule has 0 amide bonds. The van der Waals surface area contributed by atoms with Crippen molar-refractivity contribution in [3.63, 3.8) is 0 Å². The fourth-order valence-corrected chi connectivity index (χ4v) is 2.90. The van der Waals surface area contributed by atoms with E-state index in [1.807, 2.05) is 78.9 Å². The van der Waals surface area contributed by atoms with Crippen LogP contribution < -0.4 is 0 Å². The average Bonchev–Trinajstić information content (AvgIpc) is 2.99. The van der Waals surface area contributed by atoms with Crippen molar-refractivity contribution in [2.75, 3.05) is 0 Å². The smallest absolute Gasteiger partial charge is 0.344 e. The zero-order valence-corrected chi connectivity index (χ0v) is 13.4. The minimum absolute atomic E-state index is 0.333. The molecular weight excluding hydrogens is 310 g/mol. The largest absolute Gasteiger partial charge is 0.422 e. The zero-order valence-electron chi connectivity index (χ0n) is 13.4. The quantitative estimate of drug-likeness (QED) is 0.661. The molecule has 0 saturated heterocycles. The number of pyridine rings is 1. The minimum Gasteiger partial charge on any atom is -0.422 e. The number of cyclic esters (lactones) is 1. The van der Waals surface area contributed by atoms with Crippen molar-refractivity contribution in [3.05, 3.63) is 108 Å². The van der Waals surface area contributed by atoms with Crippen LogP contribution in [0.1, 0.15) is 16.7 Å². The molecule has 0 saturated carbocycles. The first kappa shape index (κ1) is 15.1. The second-order valence-electron chi connectivity index (χ2n) is 5.67. The standard InChI is InChI=1S/C22H15NO2/c24-22-21(18-11-5-2-6-12-18)20(17-9-3-1-4-10-17)19(25-22)14-16-8-7-13-23-15-16/h1-15H/b19-14-. The van der Waals surface area contributed by atoms with Gasteiger partial charge < -0.3 is 4.74 Å². The fraction of sp³-hybridized carbons (Fsp3) is 0. The van der Waals surface area contributed by atoms with Gasteiger partial charge in [0.1, 0.15) is 5.76 Å². The van der Waals surface area contributed by atoms with E-state index in [0.717, 1.165) is 22.3 Å². The van der Waals surface area contributed by atoms with Gasteiger partial charge in [-0.25, -0.2) is 4.79 Å². The maximum absolute atomic E-state index is 12.6. The number of nitrogens with zero attached hydrogens (tertiary/aromatic N) is 1. The Morgan fingerprint density at radius 1 is 0.760 bits per heavy atom. The maximum Gasteiger partial charge on any atom is 0.344 e. The van der Waals surface area contributed by atoms with Crippen molar-refractivity contribution >= 4 is 23.2 Å². The summed E-state index contributed by atoms with van der Waals surface area (Å²) in [4.78, 5) is 16.7. The molecule has 0 bridgehead atoms. The predicted molar refractivity (Wildman–Crippen MR) is 98.0 cm³/mol. The number of hydrogen-bond donors (Lipinski definition) is 0. The van der Waals surface area contributed by atoms with Gasteiger partial charge in [-0.05, 0) is 28.8 Å². The molecule has 3 heteroatoms. The highest BCUT2D eigenvalue weighted by Crippen LogP contribution is 2.40. The molecule has 0 fully saturated rings. The van der Waals surface area contributed by atoms with Crippen molar-refractivity contribution in [3.8, 4) is 0 Å². The summed E-state index contributed by atoms with van der Waals surface area (Å²) in [5.41, 5.74) is 4.07. The Balaban J connectivity index is 1.93. The van der Waals surface area contributed by atoms with Gasteiger partial charge in [-0.1, -0.05) is 66.7 Å². The Bertz CT molecular complexity index is 959. The van der Waals surface area contributed by atoms with Crippen LogP contribution in [-0.4, -0.2) is 11.0 Å². The molecule has 1 aliphatic heterocycles. The van der Waals surface area contributed by atoms with Crippen LogP contribution in [0.4, 0.5) is 0 Å². The summed E-state index contributed by atoms with van der Waals surface area (Å²) in [6, 6.07) is 23.2. The molecule has 2 aromatic carbocycles. The number of carbonyl (C=O) groups excluding carboxylic acids is 1. The van der Waals surface area contributed by atoms with Crippen molar-refractivity contribution in [2.24, 2.45) is 0 Å². The normalized spacial score (nSPS) is 15.5. The van der Waals surface area contributed by atoms with Crippen LogP contribution in [0.25, 0.3) is 17.2 Å². The molecule has 0 N–H and O–H groups in total. The lowest BCUT2D eigenvalue weighted by Gasteiger charge is -2.06. The van der Waals surface area contributed by atoms with Gasteiger partial charge in [0.05, 0.1) is 5.57 Å². The third-order valence-electron chi connectivity index (χ3n) is 4.01. The van der Waals surface area contributed by atoms with E-state index in [1.165, 1.54) is 0 Å². The fourth-order valence-electron chi connectivity index (χ4n) is 2.90. The highest BCUT2D eigenvalue weighted by atomic mass is 16.5. The number of rotatable bonds is 3. The van der Waals surface area contributed by atoms with E-state index in [-0.39, 0.29) is 5.97 Å². The molecule has 25 heavy (non-hydrogen) atoms. The van der Waals surface area contributed by atoms with E-state index >= 15 is 0 Å². The number of hydrogen-bond acceptors (Lipinski definition) is 3. The van der Waals surface area contributed by atoms with Crippen LogP contribution in [0.2, 0.25) is 0 Å². The number of carbonyl (C=O) groups is 1. The number of allylic oxidation sites excluding steroid dienone is 1. The van der Waals surface area contributed by atoms with Crippen molar-refractivity contribution in [2.45, 2.75) is 0 Å². The van der Waals surface area contributed by atoms with Crippen LogP contribution in [0.5, 0.6) is 0 Å². The predicted octanol–water partition coefficient (Wildman–Crippen LogP) is 4.59. The molecule has 1 aromatic heterocycles. The lowest BCUT2D eigenvalue weighted by Crippen LogP contribution is -1.98. The Labute approximate surface area is 145 Å². The highest BCUT2D eigenvalue weighted by molar-refractivity contribution is 6.30. The van der Waals surface area contributed by atoms with E-state index < -0.39 is 0 Å². The van der Waals surface area contributed by atoms with Gasteiger partial charge in [0.25, 0.3) is 0 Å². The Morgan fingerprint density at radius 3 is 2.00 bits per heavy atom. The molecule has 1 aliphatic rings. The van der Waals surface area contributed by atoms with Gasteiger partial charge >= 0.3 is 5.97 Å². The molecule has 0 unspecified atom stereocenters. The summed E-state index contributed by atoms with van der Waals surface area (Å²) in [5.74, 6) is 0.211. The molecule has 4 rings (SSSR count). The van der Waals surface area contributed by atoms with Gasteiger partial charge in [0, 0.05) is 18.0 Å². The average molecular weight is 325 g/mol. The summed E-state index contributed by atoms with van der Waals surface area (Å²) in [6.45, 7) is 0. The Hall–Kier alpha value is -3.46. The van der Waals surface area contributed by atoms with Gasteiger partial charge in [-0.3, -0.25) is 4.98 Å². The first-order valence-corrected chi connectivity index (χ1v) is 8.02. The molecular formula is C22H15NO2. The maximum atomic E-state index is 12.6. The Kier molecular flexibility index (Phi) is 3.97. The van der Waals surface area contributed by atoms with Crippen LogP contribution in [-0.2, 0) is 9.53 Å². The monoisotopic (exact) mass is 325 g/mol. The summed E-state index contributed by atoms with van der Waals surface area (Å²) >= 11 is 0. The molecule has 3 nitrogen and oxygen atoms in total. The van der Waals surface area contributed by atoms with Crippen LogP contribution >= 0.6 is 0 Å². The highest BCUT2D eigenvalue weighted by Gasteiger charge is 2.31. The molecule has 0 spiro atoms. The number of esters is 1. The molecule has 0 aliphatic carbocycles. The summed E-state index contributed by atoms with van der Waals surface area (Å²) in [7, 11) is 0. The second kappa shape index (κ2) is 6.57. The van der Waals surface area contributed by atoms with E-state index in [4.69, 9.17) is 4.74 Å². The molecule has 3 aromatic rings. The molecule has 0 radical (unpaired) electrons. The molecule has 120 valence electrons. The lowest BCUT2D eigenvalue weighted by atomic mass is 9.94. The lowest BCUT2D eigenvalue weighted by molar-refractivity contribution is -0.131. The van der Waals surface area contributed by atoms with Crippen molar-refractivity contribution in [1.29, 1.82) is 0 Å². The topological polar surface area (TPSA) is 39.2 Å². The Morgan fingerprint density at radius 2 is 1.40 bits per heavy atom. The van der Waals surface area contributed by atoms with Crippen LogP contribution in [0, 0.1) is 0 Å². The van der Waals surface area contributed by atoms with Gasteiger partial charge in [0.2, 0.25) is 0 Å². The van der Waals surface area contributed by atoms with Crippen LogP contribution in [0.3, 0.4) is 0 Å². The number of aromatic nitrogens is 1. The van der Waals surface area contributed by atoms with E-state index in [9.17, 15) is 4.79 Å². The van der Waals surface area contributed by atoms with Gasteiger partial charge in [-0.2, -0.15) is 0 Å². The number of benzene rings is 2. The van der Waals surface area contributed by atoms with E-state index in [0.29, 0.717) is 11.3 Å². The van der Waals surface area contributed by atoms with Gasteiger partial charge in [0.15, 0.2) is 0 Å². The van der Waals surface area contributed by atoms with Crippen LogP contribution in [0.15, 0.2) is 90.9 Å². The van der Waals surface area contributed by atoms with Crippen molar-refractivity contribution in [1.82, 2.24) is 4.98 Å². The van der Waals surface area contributed by atoms with Crippen molar-refractivity contribution < 1.29 is 9.53 Å². The number of ether oxygens (including phenoxy) is 1. The first-order chi connectivity index (χ1) is 12.3. The minimum atomic E-state index is -0.333. The second-order valence-corrected chi connectivity index (χ2v) is 5.67. The summed E-state index contributed by atoms with van der Waals surface area (Å²) in [6.07, 6.45) is 5.30. The SMILES string of the molecule is O=C1O/C(=C\c2cccnc2)C(c2ccccc2)=C1c1ccccc1. The molecule has 0 atom stereocenters. The van der Waals surface area contributed by atoms with Gasteiger partial charge in [-0.15, -0.1) is 0 Å². The molecule has 2 heterocycles. The zero-order chi connectivity index (χ0) is 17.1. The third-order valence-corrected chi connectivity index (χ3v) is 4.01. The summed E-state index contributed by atoms with van der Waals surface area (Å²) < 4.78 is 5.62. The first-order valence-electron chi connectivity index (χ1n) is 8.02. The third kappa shape index (κ3) is 3.00. The van der Waals surface area contributed by atoms with E-state index in [2.05, 4.69) is 4.98 Å².